The van der Waals surface area contributed by atoms with E-state index in [1.807, 2.05) is 6.07 Å². The molecular formula is C19H24N2S. The highest BCUT2D eigenvalue weighted by Crippen LogP contribution is 2.20. The van der Waals surface area contributed by atoms with Crippen LogP contribution in [0.2, 0.25) is 0 Å². The molecule has 0 fully saturated rings. The highest BCUT2D eigenvalue weighted by molar-refractivity contribution is 7.80. The summed E-state index contributed by atoms with van der Waals surface area (Å²) in [6, 6.07) is 17.1. The van der Waals surface area contributed by atoms with Gasteiger partial charge in [-0.1, -0.05) is 55.8 Å². The highest BCUT2D eigenvalue weighted by atomic mass is 32.1. The molecule has 2 aromatic rings. The van der Waals surface area contributed by atoms with Crippen molar-refractivity contribution in [1.82, 2.24) is 5.32 Å². The summed E-state index contributed by atoms with van der Waals surface area (Å²) in [5, 5.41) is 7.46. The maximum atomic E-state index is 5.51. The largest absolute Gasteiger partial charge is 0.356 e. The number of hydrogen-bond donors (Lipinski definition) is 2. The van der Waals surface area contributed by atoms with Gasteiger partial charge in [0.05, 0.1) is 6.04 Å². The van der Waals surface area contributed by atoms with Crippen molar-refractivity contribution >= 4 is 23.0 Å². The lowest BCUT2D eigenvalue weighted by atomic mass is 10.0. The first-order valence-corrected chi connectivity index (χ1v) is 8.20. The topological polar surface area (TPSA) is 24.1 Å². The summed E-state index contributed by atoms with van der Waals surface area (Å²) < 4.78 is 0. The summed E-state index contributed by atoms with van der Waals surface area (Å²) in [5.74, 6) is 0. The Balaban J connectivity index is 2.07. The average Bonchev–Trinajstić information content (AvgIpc) is 2.51. The Morgan fingerprint density at radius 3 is 2.50 bits per heavy atom. The molecule has 3 heteroatoms. The second kappa shape index (κ2) is 7.95. The van der Waals surface area contributed by atoms with Gasteiger partial charge in [0.15, 0.2) is 5.11 Å². The van der Waals surface area contributed by atoms with Crippen molar-refractivity contribution in [3.63, 3.8) is 0 Å². The Morgan fingerprint density at radius 2 is 1.82 bits per heavy atom. The van der Waals surface area contributed by atoms with E-state index >= 15 is 0 Å². The van der Waals surface area contributed by atoms with E-state index in [2.05, 4.69) is 73.9 Å². The molecule has 2 aromatic carbocycles. The third-order valence-corrected chi connectivity index (χ3v) is 3.95. The summed E-state index contributed by atoms with van der Waals surface area (Å²) >= 11 is 5.51. The maximum absolute atomic E-state index is 5.51. The van der Waals surface area contributed by atoms with Crippen molar-refractivity contribution in [3.05, 3.63) is 65.2 Å². The predicted octanol–water partition coefficient (Wildman–Crippen LogP) is 5.13. The third-order valence-electron chi connectivity index (χ3n) is 3.73. The zero-order valence-corrected chi connectivity index (χ0v) is 14.3. The lowest BCUT2D eigenvalue weighted by Crippen LogP contribution is -2.32. The standard InChI is InChI=1S/C19H24N2S/c1-4-8-17(16-9-6-5-7-10-16)20-19(22)21-18-13-14(2)11-12-15(18)3/h5-7,9-13,17H,4,8H2,1-3H3,(H2,20,21,22)/t17-/m1/s1. The van der Waals surface area contributed by atoms with Crippen molar-refractivity contribution in [3.8, 4) is 0 Å². The first-order valence-electron chi connectivity index (χ1n) is 7.80. The van der Waals surface area contributed by atoms with Crippen molar-refractivity contribution in [2.24, 2.45) is 0 Å². The predicted molar refractivity (Wildman–Crippen MR) is 99.4 cm³/mol. The molecule has 0 spiro atoms. The summed E-state index contributed by atoms with van der Waals surface area (Å²) in [6.45, 7) is 6.37. The molecule has 0 unspecified atom stereocenters. The molecule has 116 valence electrons. The van der Waals surface area contributed by atoms with Gasteiger partial charge >= 0.3 is 0 Å². The van der Waals surface area contributed by atoms with Crippen molar-refractivity contribution in [2.75, 3.05) is 5.32 Å². The number of nitrogens with one attached hydrogen (secondary N) is 2. The van der Waals surface area contributed by atoms with Crippen LogP contribution in [0, 0.1) is 13.8 Å². The lowest BCUT2D eigenvalue weighted by Gasteiger charge is -2.21. The van der Waals surface area contributed by atoms with Crippen LogP contribution in [-0.2, 0) is 0 Å². The van der Waals surface area contributed by atoms with Crippen LogP contribution >= 0.6 is 12.2 Å². The fourth-order valence-corrected chi connectivity index (χ4v) is 2.74. The van der Waals surface area contributed by atoms with E-state index < -0.39 is 0 Å². The van der Waals surface area contributed by atoms with Crippen molar-refractivity contribution in [2.45, 2.75) is 39.7 Å². The van der Waals surface area contributed by atoms with Crippen LogP contribution in [0.25, 0.3) is 0 Å². The fourth-order valence-electron chi connectivity index (χ4n) is 2.48. The molecule has 22 heavy (non-hydrogen) atoms. The zero-order chi connectivity index (χ0) is 15.9. The second-order valence-electron chi connectivity index (χ2n) is 5.67. The molecule has 2 N–H and O–H groups in total. The van der Waals surface area contributed by atoms with Gasteiger partial charge in [0.2, 0.25) is 0 Å². The molecule has 0 heterocycles. The van der Waals surface area contributed by atoms with Gasteiger partial charge in [-0.15, -0.1) is 0 Å². The molecule has 0 saturated heterocycles. The second-order valence-corrected chi connectivity index (χ2v) is 6.08. The summed E-state index contributed by atoms with van der Waals surface area (Å²) in [4.78, 5) is 0. The highest BCUT2D eigenvalue weighted by Gasteiger charge is 2.12. The van der Waals surface area contributed by atoms with Crippen LogP contribution in [0.5, 0.6) is 0 Å². The van der Waals surface area contributed by atoms with Crippen molar-refractivity contribution < 1.29 is 0 Å². The molecular weight excluding hydrogens is 288 g/mol. The van der Waals surface area contributed by atoms with E-state index in [1.165, 1.54) is 16.7 Å². The Labute approximate surface area is 139 Å². The maximum Gasteiger partial charge on any atom is 0.171 e. The van der Waals surface area contributed by atoms with Crippen LogP contribution < -0.4 is 10.6 Å². The van der Waals surface area contributed by atoms with Crippen LogP contribution in [0.3, 0.4) is 0 Å². The van der Waals surface area contributed by atoms with Crippen molar-refractivity contribution in [1.29, 1.82) is 0 Å². The normalized spacial score (nSPS) is 11.8. The first-order chi connectivity index (χ1) is 10.6. The SMILES string of the molecule is CCC[C@@H](NC(=S)Nc1cc(C)ccc1C)c1ccccc1. The summed E-state index contributed by atoms with van der Waals surface area (Å²) in [6.07, 6.45) is 2.16. The van der Waals surface area contributed by atoms with Crippen LogP contribution in [0.4, 0.5) is 5.69 Å². The van der Waals surface area contributed by atoms with Gasteiger partial charge in [-0.2, -0.15) is 0 Å². The molecule has 0 amide bonds. The number of benzene rings is 2. The molecule has 2 rings (SSSR count). The van der Waals surface area contributed by atoms with Gasteiger partial charge in [-0.05, 0) is 55.2 Å². The van der Waals surface area contributed by atoms with E-state index in [9.17, 15) is 0 Å². The molecule has 0 aliphatic carbocycles. The van der Waals surface area contributed by atoms with E-state index in [0.29, 0.717) is 5.11 Å². The average molecular weight is 312 g/mol. The number of anilines is 1. The van der Waals surface area contributed by atoms with E-state index in [4.69, 9.17) is 12.2 Å². The van der Waals surface area contributed by atoms with Crippen LogP contribution in [0.1, 0.15) is 42.5 Å². The minimum absolute atomic E-state index is 0.247. The van der Waals surface area contributed by atoms with Crippen LogP contribution in [0.15, 0.2) is 48.5 Å². The minimum atomic E-state index is 0.247. The fraction of sp³-hybridized carbons (Fsp3) is 0.316. The Hall–Kier alpha value is -1.87. The molecule has 0 bridgehead atoms. The smallest absolute Gasteiger partial charge is 0.171 e. The van der Waals surface area contributed by atoms with E-state index in [0.717, 1.165) is 18.5 Å². The zero-order valence-electron chi connectivity index (χ0n) is 13.5. The van der Waals surface area contributed by atoms with Crippen LogP contribution in [-0.4, -0.2) is 5.11 Å². The molecule has 0 aliphatic heterocycles. The molecule has 2 nitrogen and oxygen atoms in total. The number of aryl methyl sites for hydroxylation is 2. The van der Waals surface area contributed by atoms with Gasteiger partial charge in [-0.3, -0.25) is 0 Å². The van der Waals surface area contributed by atoms with Gasteiger partial charge in [0, 0.05) is 5.69 Å². The quantitative estimate of drug-likeness (QED) is 0.748. The number of hydrogen-bond acceptors (Lipinski definition) is 1. The third kappa shape index (κ3) is 4.57. The molecule has 0 radical (unpaired) electrons. The van der Waals surface area contributed by atoms with Gasteiger partial charge < -0.3 is 10.6 Å². The lowest BCUT2D eigenvalue weighted by molar-refractivity contribution is 0.584. The Bertz CT molecular complexity index is 623. The molecule has 1 atom stereocenters. The van der Waals surface area contributed by atoms with Gasteiger partial charge in [0.1, 0.15) is 0 Å². The monoisotopic (exact) mass is 312 g/mol. The molecule has 0 aromatic heterocycles. The Morgan fingerprint density at radius 1 is 1.09 bits per heavy atom. The summed E-state index contributed by atoms with van der Waals surface area (Å²) in [7, 11) is 0. The Kier molecular flexibility index (Phi) is 5.96. The first kappa shape index (κ1) is 16.5. The minimum Gasteiger partial charge on any atom is -0.356 e. The van der Waals surface area contributed by atoms with Gasteiger partial charge in [0.25, 0.3) is 0 Å². The van der Waals surface area contributed by atoms with E-state index in [-0.39, 0.29) is 6.04 Å². The summed E-state index contributed by atoms with van der Waals surface area (Å²) in [5.41, 5.74) is 4.76. The van der Waals surface area contributed by atoms with E-state index in [1.54, 1.807) is 0 Å². The van der Waals surface area contributed by atoms with Gasteiger partial charge in [-0.25, -0.2) is 0 Å². The molecule has 0 aliphatic rings. The number of thiocarbonyl (C=S) groups is 1. The number of rotatable bonds is 5. The molecule has 0 saturated carbocycles.